The lowest BCUT2D eigenvalue weighted by atomic mass is 9.68. The molecule has 0 heterocycles. The van der Waals surface area contributed by atoms with Gasteiger partial charge in [0.25, 0.3) is 12.9 Å². The van der Waals surface area contributed by atoms with E-state index < -0.39 is 24.4 Å². The Bertz CT molecular complexity index is 787. The lowest BCUT2D eigenvalue weighted by Crippen LogP contribution is -2.61. The number of unbranched alkanes of at least 4 members (excludes halogenated alkanes) is 2. The summed E-state index contributed by atoms with van der Waals surface area (Å²) in [5.41, 5.74) is 0. The van der Waals surface area contributed by atoms with Gasteiger partial charge in [-0.3, -0.25) is 9.59 Å². The number of allylic oxidation sites excluding steroid dienone is 3. The third-order valence-electron chi connectivity index (χ3n) is 7.05. The summed E-state index contributed by atoms with van der Waals surface area (Å²) >= 11 is 0. The molecule has 1 aliphatic carbocycles. The Morgan fingerprint density at radius 3 is 1.45 bits per heavy atom. The highest BCUT2D eigenvalue weighted by Gasteiger charge is 2.54. The molecule has 11 nitrogen and oxygen atoms in total. The third kappa shape index (κ3) is 14.0. The topological polar surface area (TPSA) is 128 Å². The summed E-state index contributed by atoms with van der Waals surface area (Å²) in [7, 11) is 0. The largest absolute Gasteiger partial charge is 0.468 e. The molecule has 1 rings (SSSR count). The molecule has 0 aliphatic heterocycles. The third-order valence-corrected chi connectivity index (χ3v) is 7.05. The molecular formula is C31H52O11. The summed E-state index contributed by atoms with van der Waals surface area (Å²) < 4.78 is 9.72. The Hall–Kier alpha value is -2.60. The zero-order chi connectivity index (χ0) is 31.2. The molecule has 0 spiro atoms. The van der Waals surface area contributed by atoms with Crippen molar-refractivity contribution in [1.29, 1.82) is 0 Å². The lowest BCUT2D eigenvalue weighted by molar-refractivity contribution is -0.436. The molecule has 242 valence electrons. The van der Waals surface area contributed by atoms with Gasteiger partial charge in [-0.05, 0) is 69.6 Å². The Kier molecular flexibility index (Phi) is 20.4. The summed E-state index contributed by atoms with van der Waals surface area (Å²) in [5.74, 6) is 0.642. The van der Waals surface area contributed by atoms with Crippen LogP contribution in [-0.2, 0) is 48.4 Å². The van der Waals surface area contributed by atoms with Crippen LogP contribution in [0.2, 0.25) is 0 Å². The van der Waals surface area contributed by atoms with Gasteiger partial charge in [0.15, 0.2) is 12.2 Å². The number of aliphatic hydroxyl groups is 1. The Morgan fingerprint density at radius 2 is 1.02 bits per heavy atom. The van der Waals surface area contributed by atoms with Crippen molar-refractivity contribution in [2.75, 3.05) is 13.2 Å². The maximum atomic E-state index is 11.7. The number of hydrogen-bond donors (Lipinski definition) is 1. The highest BCUT2D eigenvalue weighted by molar-refractivity contribution is 5.37. The summed E-state index contributed by atoms with van der Waals surface area (Å²) in [5, 5.41) is 11.7. The van der Waals surface area contributed by atoms with Crippen LogP contribution in [0.15, 0.2) is 37.0 Å². The van der Waals surface area contributed by atoms with E-state index in [1.54, 1.807) is 0 Å². The van der Waals surface area contributed by atoms with Gasteiger partial charge < -0.3 is 29.2 Å². The van der Waals surface area contributed by atoms with Crippen molar-refractivity contribution >= 4 is 12.9 Å². The van der Waals surface area contributed by atoms with Gasteiger partial charge in [0.2, 0.25) is 0 Å². The Morgan fingerprint density at radius 1 is 0.619 bits per heavy atom. The van der Waals surface area contributed by atoms with Crippen molar-refractivity contribution in [3.63, 3.8) is 0 Å². The number of rotatable bonds is 27. The van der Waals surface area contributed by atoms with Crippen LogP contribution in [0.3, 0.4) is 0 Å². The van der Waals surface area contributed by atoms with Gasteiger partial charge in [-0.1, -0.05) is 40.5 Å². The first kappa shape index (κ1) is 37.4. The van der Waals surface area contributed by atoms with Crippen LogP contribution in [-0.4, -0.2) is 55.7 Å². The minimum absolute atomic E-state index is 0.277. The summed E-state index contributed by atoms with van der Waals surface area (Å²) in [6, 6.07) is 0. The van der Waals surface area contributed by atoms with E-state index in [1.165, 1.54) is 0 Å². The van der Waals surface area contributed by atoms with Gasteiger partial charge in [0, 0.05) is 19.3 Å². The summed E-state index contributed by atoms with van der Waals surface area (Å²) in [6.07, 6.45) is 4.07. The molecule has 42 heavy (non-hydrogen) atoms. The molecule has 0 saturated heterocycles. The molecule has 0 amide bonds. The van der Waals surface area contributed by atoms with Crippen LogP contribution in [0.25, 0.3) is 0 Å². The minimum Gasteiger partial charge on any atom is -0.468 e. The van der Waals surface area contributed by atoms with E-state index in [-0.39, 0.29) is 25.0 Å². The van der Waals surface area contributed by atoms with Crippen LogP contribution in [0.5, 0.6) is 0 Å². The van der Waals surface area contributed by atoms with Crippen LogP contribution >= 0.6 is 0 Å². The fraction of sp³-hybridized carbons (Fsp3) is 0.742. The van der Waals surface area contributed by atoms with Gasteiger partial charge in [-0.15, -0.1) is 0 Å². The summed E-state index contributed by atoms with van der Waals surface area (Å²) in [4.78, 5) is 55.7. The fourth-order valence-corrected chi connectivity index (χ4v) is 5.04. The van der Waals surface area contributed by atoms with Crippen molar-refractivity contribution in [2.24, 2.45) is 11.8 Å². The molecule has 0 aromatic rings. The van der Waals surface area contributed by atoms with Crippen LogP contribution < -0.4 is 0 Å². The van der Waals surface area contributed by atoms with Crippen LogP contribution in [0.4, 0.5) is 0 Å². The highest BCUT2D eigenvalue weighted by Crippen LogP contribution is 2.42. The van der Waals surface area contributed by atoms with E-state index in [9.17, 15) is 14.7 Å². The van der Waals surface area contributed by atoms with Gasteiger partial charge in [-0.25, -0.2) is 0 Å². The first-order valence-corrected chi connectivity index (χ1v) is 15.2. The average molecular weight is 601 g/mol. The maximum absolute atomic E-state index is 11.7. The van der Waals surface area contributed by atoms with Crippen LogP contribution in [0.1, 0.15) is 97.8 Å². The first-order valence-electron chi connectivity index (χ1n) is 15.2. The maximum Gasteiger partial charge on any atom is 0.293 e. The monoisotopic (exact) mass is 600 g/mol. The predicted octanol–water partition coefficient (Wildman–Crippen LogP) is 6.17. The highest BCUT2D eigenvalue weighted by atomic mass is 17.2. The van der Waals surface area contributed by atoms with E-state index in [0.717, 1.165) is 19.3 Å². The molecule has 1 N–H and O–H groups in total. The predicted molar refractivity (Wildman–Crippen MR) is 155 cm³/mol. The van der Waals surface area contributed by atoms with Crippen molar-refractivity contribution in [2.45, 2.75) is 122 Å². The SMILES string of the molecule is C=C(CCC)OOC1C(O)C(CCCCOC=O)C(CCCCOC=O)C(OOC(=C)CCC)C1OOC(=C)CCC. The van der Waals surface area contributed by atoms with E-state index in [4.69, 9.17) is 38.8 Å². The standard InChI is InChI=1S/C31H52O11/c1-7-14-23(4)37-40-29-27(18-11-13-20-36-22-33)26(17-10-12-19-35-21-32)28(34)30(41-38-24(5)15-8-2)31(29)42-39-25(6)16-9-3/h21-22,26-31,34H,4-20H2,1-3H3. The molecule has 6 unspecified atom stereocenters. The molecule has 0 radical (unpaired) electrons. The second-order valence-corrected chi connectivity index (χ2v) is 10.5. The fourth-order valence-electron chi connectivity index (χ4n) is 5.04. The average Bonchev–Trinajstić information content (AvgIpc) is 2.96. The number of ether oxygens (including phenoxy) is 2. The van der Waals surface area contributed by atoms with Gasteiger partial charge in [-0.2, -0.15) is 14.7 Å². The van der Waals surface area contributed by atoms with Gasteiger partial charge in [0.1, 0.15) is 23.4 Å². The lowest BCUT2D eigenvalue weighted by Gasteiger charge is -2.47. The Balaban J connectivity index is 3.38. The van der Waals surface area contributed by atoms with Gasteiger partial charge in [0.05, 0.1) is 19.3 Å². The van der Waals surface area contributed by atoms with E-state index in [1.807, 2.05) is 20.8 Å². The number of carbonyl (C=O) groups excluding carboxylic acids is 2. The summed E-state index contributed by atoms with van der Waals surface area (Å²) in [6.45, 7) is 19.1. The number of carbonyl (C=O) groups is 2. The Labute approximate surface area is 250 Å². The molecule has 1 fully saturated rings. The molecule has 1 saturated carbocycles. The van der Waals surface area contributed by atoms with Crippen molar-refractivity contribution in [3.8, 4) is 0 Å². The second-order valence-electron chi connectivity index (χ2n) is 10.5. The van der Waals surface area contributed by atoms with E-state index in [2.05, 4.69) is 19.7 Å². The van der Waals surface area contributed by atoms with Crippen molar-refractivity contribution < 1.29 is 53.5 Å². The molecule has 11 heteroatoms. The van der Waals surface area contributed by atoms with Crippen molar-refractivity contribution in [3.05, 3.63) is 37.0 Å². The van der Waals surface area contributed by atoms with Crippen molar-refractivity contribution in [1.82, 2.24) is 0 Å². The van der Waals surface area contributed by atoms with Crippen LogP contribution in [0, 0.1) is 11.8 Å². The zero-order valence-corrected chi connectivity index (χ0v) is 25.7. The molecule has 1 aliphatic rings. The molecule has 6 atom stereocenters. The van der Waals surface area contributed by atoms with E-state index >= 15 is 0 Å². The minimum atomic E-state index is -1.05. The molecule has 0 bridgehead atoms. The molecular weight excluding hydrogens is 548 g/mol. The second kappa shape index (κ2) is 22.9. The smallest absolute Gasteiger partial charge is 0.293 e. The van der Waals surface area contributed by atoms with E-state index in [0.29, 0.717) is 88.0 Å². The zero-order valence-electron chi connectivity index (χ0n) is 25.7. The first-order chi connectivity index (χ1) is 20.3. The molecule has 0 aromatic heterocycles. The quantitative estimate of drug-likeness (QED) is 0.0382. The normalized spacial score (nSPS) is 23.4. The molecule has 0 aromatic carbocycles. The number of aliphatic hydroxyl groups excluding tert-OH is 1. The van der Waals surface area contributed by atoms with Gasteiger partial charge >= 0.3 is 0 Å². The number of hydrogen-bond acceptors (Lipinski definition) is 11.